The van der Waals surface area contributed by atoms with E-state index in [2.05, 4.69) is 0 Å². The number of carbonyl (C=O) groups is 1. The lowest BCUT2D eigenvalue weighted by Gasteiger charge is -2.13. The van der Waals surface area contributed by atoms with Crippen LogP contribution in [-0.4, -0.2) is 25.3 Å². The van der Waals surface area contributed by atoms with E-state index in [9.17, 15) is 4.79 Å². The number of methoxy groups -OCH3 is 2. The minimum Gasteiger partial charge on any atom is -0.497 e. The zero-order chi connectivity index (χ0) is 12.8. The first-order chi connectivity index (χ1) is 8.08. The van der Waals surface area contributed by atoms with Gasteiger partial charge in [0.2, 0.25) is 0 Å². The van der Waals surface area contributed by atoms with E-state index in [4.69, 9.17) is 14.6 Å². The van der Waals surface area contributed by atoms with Crippen LogP contribution in [-0.2, 0) is 11.2 Å². The van der Waals surface area contributed by atoms with Crippen LogP contribution >= 0.6 is 0 Å². The third-order valence-corrected chi connectivity index (χ3v) is 2.60. The monoisotopic (exact) mass is 238 g/mol. The van der Waals surface area contributed by atoms with Gasteiger partial charge < -0.3 is 14.6 Å². The molecule has 0 heterocycles. The van der Waals surface area contributed by atoms with E-state index in [-0.39, 0.29) is 6.42 Å². The average Bonchev–Trinajstić information content (AvgIpc) is 2.28. The summed E-state index contributed by atoms with van der Waals surface area (Å²) >= 11 is 0. The fourth-order valence-corrected chi connectivity index (χ4v) is 1.84. The molecule has 0 amide bonds. The summed E-state index contributed by atoms with van der Waals surface area (Å²) in [6, 6.07) is 3.80. The Kier molecular flexibility index (Phi) is 4.82. The Bertz CT molecular complexity index is 399. The first-order valence-corrected chi connectivity index (χ1v) is 5.51. The van der Waals surface area contributed by atoms with Crippen molar-refractivity contribution in [2.24, 2.45) is 0 Å². The smallest absolute Gasteiger partial charge is 0.303 e. The summed E-state index contributed by atoms with van der Waals surface area (Å²) < 4.78 is 10.5. The van der Waals surface area contributed by atoms with E-state index >= 15 is 0 Å². The minimum atomic E-state index is -0.774. The predicted molar refractivity (Wildman–Crippen MR) is 64.9 cm³/mol. The van der Waals surface area contributed by atoms with Crippen molar-refractivity contribution in [3.05, 3.63) is 23.3 Å². The molecule has 0 aromatic heterocycles. The fourth-order valence-electron chi connectivity index (χ4n) is 1.84. The van der Waals surface area contributed by atoms with E-state index in [1.54, 1.807) is 14.2 Å². The maximum atomic E-state index is 10.5. The Labute approximate surface area is 101 Å². The number of hydrogen-bond acceptors (Lipinski definition) is 3. The highest BCUT2D eigenvalue weighted by atomic mass is 16.5. The van der Waals surface area contributed by atoms with Crippen LogP contribution in [0.3, 0.4) is 0 Å². The van der Waals surface area contributed by atoms with E-state index in [1.807, 2.05) is 19.1 Å². The van der Waals surface area contributed by atoms with Gasteiger partial charge in [0.25, 0.3) is 0 Å². The van der Waals surface area contributed by atoms with Gasteiger partial charge in [0.15, 0.2) is 0 Å². The van der Waals surface area contributed by atoms with Crippen LogP contribution in [0.1, 0.15) is 24.0 Å². The van der Waals surface area contributed by atoms with Crippen LogP contribution in [0.15, 0.2) is 12.1 Å². The van der Waals surface area contributed by atoms with Gasteiger partial charge in [-0.05, 0) is 43.0 Å². The first kappa shape index (κ1) is 13.4. The molecule has 4 heteroatoms. The van der Waals surface area contributed by atoms with Crippen molar-refractivity contribution in [1.82, 2.24) is 0 Å². The van der Waals surface area contributed by atoms with Crippen molar-refractivity contribution in [3.63, 3.8) is 0 Å². The number of rotatable bonds is 6. The molecule has 0 aliphatic carbocycles. The molecule has 0 radical (unpaired) electrons. The van der Waals surface area contributed by atoms with Crippen LogP contribution in [0.5, 0.6) is 11.5 Å². The van der Waals surface area contributed by atoms with Gasteiger partial charge in [0, 0.05) is 6.42 Å². The molecule has 0 unspecified atom stereocenters. The topological polar surface area (TPSA) is 55.8 Å². The van der Waals surface area contributed by atoms with E-state index in [1.165, 1.54) is 0 Å². The lowest BCUT2D eigenvalue weighted by atomic mass is 10.0. The number of aryl methyl sites for hydroxylation is 2. The van der Waals surface area contributed by atoms with Crippen molar-refractivity contribution in [3.8, 4) is 11.5 Å². The molecular weight excluding hydrogens is 220 g/mol. The summed E-state index contributed by atoms with van der Waals surface area (Å²) in [5.74, 6) is 0.813. The van der Waals surface area contributed by atoms with Crippen LogP contribution in [0.2, 0.25) is 0 Å². The SMILES string of the molecule is COc1cc(C)c(OC)c(CCCC(=O)O)c1. The van der Waals surface area contributed by atoms with E-state index < -0.39 is 5.97 Å². The van der Waals surface area contributed by atoms with Gasteiger partial charge in [-0.3, -0.25) is 4.79 Å². The highest BCUT2D eigenvalue weighted by Gasteiger charge is 2.09. The standard InChI is InChI=1S/C13H18O4/c1-9-7-11(16-2)8-10(13(9)17-3)5-4-6-12(14)15/h7-8H,4-6H2,1-3H3,(H,14,15). The van der Waals surface area contributed by atoms with Gasteiger partial charge in [-0.2, -0.15) is 0 Å². The molecule has 4 nitrogen and oxygen atoms in total. The number of aliphatic carboxylic acids is 1. The maximum absolute atomic E-state index is 10.5. The van der Waals surface area contributed by atoms with E-state index in [0.29, 0.717) is 12.8 Å². The lowest BCUT2D eigenvalue weighted by Crippen LogP contribution is -2.00. The molecule has 1 N–H and O–H groups in total. The molecule has 1 rings (SSSR count). The highest BCUT2D eigenvalue weighted by molar-refractivity contribution is 5.66. The molecule has 1 aromatic carbocycles. The average molecular weight is 238 g/mol. The normalized spacial score (nSPS) is 10.1. The number of carboxylic acid groups (broad SMARTS) is 1. The second-order valence-corrected chi connectivity index (χ2v) is 3.88. The molecule has 94 valence electrons. The Morgan fingerprint density at radius 1 is 1.29 bits per heavy atom. The molecule has 0 bridgehead atoms. The molecule has 0 atom stereocenters. The van der Waals surface area contributed by atoms with E-state index in [0.717, 1.165) is 22.6 Å². The fraction of sp³-hybridized carbons (Fsp3) is 0.462. The van der Waals surface area contributed by atoms with Crippen LogP contribution < -0.4 is 9.47 Å². The second-order valence-electron chi connectivity index (χ2n) is 3.88. The number of ether oxygens (including phenoxy) is 2. The van der Waals surface area contributed by atoms with Gasteiger partial charge in [-0.1, -0.05) is 0 Å². The highest BCUT2D eigenvalue weighted by Crippen LogP contribution is 2.29. The summed E-state index contributed by atoms with van der Waals surface area (Å²) in [6.45, 7) is 1.95. The quantitative estimate of drug-likeness (QED) is 0.827. The zero-order valence-corrected chi connectivity index (χ0v) is 10.4. The second kappa shape index (κ2) is 6.13. The van der Waals surface area contributed by atoms with Gasteiger partial charge in [0.1, 0.15) is 11.5 Å². The number of carboxylic acids is 1. The molecule has 0 fully saturated rings. The number of hydrogen-bond donors (Lipinski definition) is 1. The van der Waals surface area contributed by atoms with Crippen molar-refractivity contribution >= 4 is 5.97 Å². The van der Waals surface area contributed by atoms with Crippen molar-refractivity contribution in [1.29, 1.82) is 0 Å². The Hall–Kier alpha value is -1.71. The summed E-state index contributed by atoms with van der Waals surface area (Å²) in [5.41, 5.74) is 1.99. The summed E-state index contributed by atoms with van der Waals surface area (Å²) in [7, 11) is 3.23. The van der Waals surface area contributed by atoms with Gasteiger partial charge in [0.05, 0.1) is 14.2 Å². The molecular formula is C13H18O4. The summed E-state index contributed by atoms with van der Waals surface area (Å²) in [6.07, 6.45) is 1.44. The summed E-state index contributed by atoms with van der Waals surface area (Å²) in [4.78, 5) is 10.5. The summed E-state index contributed by atoms with van der Waals surface area (Å²) in [5, 5.41) is 8.62. The van der Waals surface area contributed by atoms with Crippen molar-refractivity contribution in [2.45, 2.75) is 26.2 Å². The van der Waals surface area contributed by atoms with Crippen molar-refractivity contribution < 1.29 is 19.4 Å². The lowest BCUT2D eigenvalue weighted by molar-refractivity contribution is -0.137. The minimum absolute atomic E-state index is 0.166. The molecule has 0 aliphatic heterocycles. The Balaban J connectivity index is 2.87. The van der Waals surface area contributed by atoms with Crippen LogP contribution in [0.25, 0.3) is 0 Å². The molecule has 0 aliphatic rings. The third kappa shape index (κ3) is 3.66. The molecule has 1 aromatic rings. The predicted octanol–water partition coefficient (Wildman–Crippen LogP) is 2.42. The van der Waals surface area contributed by atoms with Gasteiger partial charge in [-0.15, -0.1) is 0 Å². The van der Waals surface area contributed by atoms with Gasteiger partial charge >= 0.3 is 5.97 Å². The van der Waals surface area contributed by atoms with Gasteiger partial charge in [-0.25, -0.2) is 0 Å². The Morgan fingerprint density at radius 2 is 2.00 bits per heavy atom. The van der Waals surface area contributed by atoms with Crippen LogP contribution in [0.4, 0.5) is 0 Å². The molecule has 0 spiro atoms. The largest absolute Gasteiger partial charge is 0.497 e. The molecule has 0 saturated carbocycles. The van der Waals surface area contributed by atoms with Crippen molar-refractivity contribution in [2.75, 3.05) is 14.2 Å². The third-order valence-electron chi connectivity index (χ3n) is 2.60. The molecule has 17 heavy (non-hydrogen) atoms. The van der Waals surface area contributed by atoms with Crippen LogP contribution in [0, 0.1) is 6.92 Å². The zero-order valence-electron chi connectivity index (χ0n) is 10.4. The Morgan fingerprint density at radius 3 is 2.53 bits per heavy atom. The first-order valence-electron chi connectivity index (χ1n) is 5.51. The number of benzene rings is 1. The maximum Gasteiger partial charge on any atom is 0.303 e. The molecule has 0 saturated heterocycles.